The van der Waals surface area contributed by atoms with Gasteiger partial charge < -0.3 is 9.84 Å². The van der Waals surface area contributed by atoms with E-state index in [1.165, 1.54) is 12.1 Å². The van der Waals surface area contributed by atoms with E-state index in [1.807, 2.05) is 0 Å². The van der Waals surface area contributed by atoms with Crippen LogP contribution in [0.15, 0.2) is 12.1 Å². The molecule has 0 aliphatic carbocycles. The minimum absolute atomic E-state index is 0.144. The highest BCUT2D eigenvalue weighted by atomic mass is 19.1. The second-order valence-electron chi connectivity index (χ2n) is 2.81. The minimum atomic E-state index is -1.19. The number of hydrogen-bond donors (Lipinski definition) is 1. The Morgan fingerprint density at radius 1 is 1.57 bits per heavy atom. The van der Waals surface area contributed by atoms with E-state index in [0.29, 0.717) is 5.56 Å². The van der Waals surface area contributed by atoms with Crippen LogP contribution in [0.4, 0.5) is 4.39 Å². The van der Waals surface area contributed by atoms with Crippen LogP contribution in [0.2, 0.25) is 0 Å². The van der Waals surface area contributed by atoms with Crippen molar-refractivity contribution in [1.82, 2.24) is 0 Å². The van der Waals surface area contributed by atoms with Crippen molar-refractivity contribution in [2.24, 2.45) is 0 Å². The van der Waals surface area contributed by atoms with Gasteiger partial charge in [0.1, 0.15) is 5.56 Å². The summed E-state index contributed by atoms with van der Waals surface area (Å²) in [5.74, 6) is -1.97. The zero-order valence-corrected chi connectivity index (χ0v) is 8.00. The lowest BCUT2D eigenvalue weighted by Gasteiger charge is -2.09. The lowest BCUT2D eigenvalue weighted by molar-refractivity contribution is 0.0691. The van der Waals surface area contributed by atoms with Crippen LogP contribution in [0.5, 0.6) is 5.75 Å². The lowest BCUT2D eigenvalue weighted by Crippen LogP contribution is -2.05. The fourth-order valence-corrected chi connectivity index (χ4v) is 1.11. The van der Waals surface area contributed by atoms with Crippen molar-refractivity contribution in [1.29, 1.82) is 0 Å². The van der Waals surface area contributed by atoms with Crippen molar-refractivity contribution in [2.75, 3.05) is 6.61 Å². The molecule has 1 aromatic rings. The van der Waals surface area contributed by atoms with Gasteiger partial charge in [-0.05, 0) is 25.5 Å². The van der Waals surface area contributed by atoms with Gasteiger partial charge in [-0.15, -0.1) is 0 Å². The van der Waals surface area contributed by atoms with Gasteiger partial charge in [0.15, 0.2) is 11.6 Å². The molecular weight excluding hydrogens is 187 g/mol. The summed E-state index contributed by atoms with van der Waals surface area (Å²) in [6.07, 6.45) is 0. The molecule has 0 fully saturated rings. The molecule has 0 atom stereocenters. The number of halogens is 1. The summed E-state index contributed by atoms with van der Waals surface area (Å²) in [4.78, 5) is 10.7. The van der Waals surface area contributed by atoms with Crippen LogP contribution in [0.3, 0.4) is 0 Å². The number of carbonyl (C=O) groups is 1. The number of hydrogen-bond acceptors (Lipinski definition) is 2. The summed E-state index contributed by atoms with van der Waals surface area (Å²) >= 11 is 0. The van der Waals surface area contributed by atoms with Gasteiger partial charge in [0, 0.05) is 0 Å². The molecule has 0 aliphatic rings. The van der Waals surface area contributed by atoms with Gasteiger partial charge in [0.05, 0.1) is 6.61 Å². The SMILES string of the molecule is CCOc1c(C(=O)O)ccc(C)c1F. The Morgan fingerprint density at radius 2 is 2.21 bits per heavy atom. The highest BCUT2D eigenvalue weighted by Gasteiger charge is 2.17. The van der Waals surface area contributed by atoms with Gasteiger partial charge in [-0.25, -0.2) is 9.18 Å². The second kappa shape index (κ2) is 4.09. The van der Waals surface area contributed by atoms with Gasteiger partial charge in [0.25, 0.3) is 0 Å². The Kier molecular flexibility index (Phi) is 3.06. The van der Waals surface area contributed by atoms with Crippen molar-refractivity contribution in [3.05, 3.63) is 29.1 Å². The van der Waals surface area contributed by atoms with Gasteiger partial charge >= 0.3 is 5.97 Å². The second-order valence-corrected chi connectivity index (χ2v) is 2.81. The fourth-order valence-electron chi connectivity index (χ4n) is 1.11. The van der Waals surface area contributed by atoms with E-state index < -0.39 is 11.8 Å². The summed E-state index contributed by atoms with van der Waals surface area (Å²) in [5, 5.41) is 8.76. The standard InChI is InChI=1S/C10H11FO3/c1-3-14-9-7(10(12)13)5-4-6(2)8(9)11/h4-5H,3H2,1-2H3,(H,12,13). The quantitative estimate of drug-likeness (QED) is 0.810. The van der Waals surface area contributed by atoms with E-state index in [4.69, 9.17) is 9.84 Å². The predicted molar refractivity (Wildman–Crippen MR) is 49.3 cm³/mol. The topological polar surface area (TPSA) is 46.5 Å². The van der Waals surface area contributed by atoms with Gasteiger partial charge in [-0.2, -0.15) is 0 Å². The fraction of sp³-hybridized carbons (Fsp3) is 0.300. The molecule has 0 spiro atoms. The molecule has 0 saturated heterocycles. The number of benzene rings is 1. The van der Waals surface area contributed by atoms with Crippen LogP contribution >= 0.6 is 0 Å². The molecule has 1 N–H and O–H groups in total. The lowest BCUT2D eigenvalue weighted by atomic mass is 10.1. The molecule has 0 saturated carbocycles. The Labute approximate surface area is 81.1 Å². The Bertz CT molecular complexity index is 361. The van der Waals surface area contributed by atoms with Crippen molar-refractivity contribution in [3.63, 3.8) is 0 Å². The monoisotopic (exact) mass is 198 g/mol. The third kappa shape index (κ3) is 1.84. The van der Waals surface area contributed by atoms with Gasteiger partial charge in [0.2, 0.25) is 0 Å². The first-order valence-corrected chi connectivity index (χ1v) is 4.23. The summed E-state index contributed by atoms with van der Waals surface area (Å²) < 4.78 is 18.4. The predicted octanol–water partition coefficient (Wildman–Crippen LogP) is 2.23. The molecule has 0 aromatic heterocycles. The number of carboxylic acid groups (broad SMARTS) is 1. The average molecular weight is 198 g/mol. The third-order valence-electron chi connectivity index (χ3n) is 1.81. The maximum atomic E-state index is 13.4. The molecule has 76 valence electrons. The van der Waals surface area contributed by atoms with Crippen LogP contribution in [-0.4, -0.2) is 17.7 Å². The number of ether oxygens (including phenoxy) is 1. The molecule has 0 unspecified atom stereocenters. The molecule has 1 rings (SSSR count). The van der Waals surface area contributed by atoms with Crippen LogP contribution in [-0.2, 0) is 0 Å². The largest absolute Gasteiger partial charge is 0.490 e. The highest BCUT2D eigenvalue weighted by molar-refractivity contribution is 5.91. The summed E-state index contributed by atoms with van der Waals surface area (Å²) in [6, 6.07) is 2.76. The van der Waals surface area contributed by atoms with E-state index in [9.17, 15) is 9.18 Å². The molecule has 0 amide bonds. The minimum Gasteiger partial charge on any atom is -0.490 e. The first kappa shape index (κ1) is 10.5. The normalized spacial score (nSPS) is 9.93. The smallest absolute Gasteiger partial charge is 0.339 e. The van der Waals surface area contributed by atoms with Gasteiger partial charge in [-0.1, -0.05) is 6.07 Å². The first-order chi connectivity index (χ1) is 6.57. The van der Waals surface area contributed by atoms with E-state index in [-0.39, 0.29) is 17.9 Å². The molecule has 14 heavy (non-hydrogen) atoms. The van der Waals surface area contributed by atoms with Crippen molar-refractivity contribution in [3.8, 4) is 5.75 Å². The molecule has 0 aliphatic heterocycles. The number of aromatic carboxylic acids is 1. The number of carboxylic acids is 1. The Hall–Kier alpha value is -1.58. The molecule has 4 heteroatoms. The van der Waals surface area contributed by atoms with Crippen LogP contribution in [0, 0.1) is 12.7 Å². The molecule has 0 bridgehead atoms. The third-order valence-corrected chi connectivity index (χ3v) is 1.81. The van der Waals surface area contributed by atoms with E-state index >= 15 is 0 Å². The van der Waals surface area contributed by atoms with Crippen LogP contribution in [0.25, 0.3) is 0 Å². The first-order valence-electron chi connectivity index (χ1n) is 4.23. The van der Waals surface area contributed by atoms with E-state index in [2.05, 4.69) is 0 Å². The Morgan fingerprint density at radius 3 is 2.71 bits per heavy atom. The van der Waals surface area contributed by atoms with Crippen molar-refractivity contribution >= 4 is 5.97 Å². The molecular formula is C10H11FO3. The van der Waals surface area contributed by atoms with Crippen molar-refractivity contribution in [2.45, 2.75) is 13.8 Å². The molecule has 3 nitrogen and oxygen atoms in total. The average Bonchev–Trinajstić information content (AvgIpc) is 2.13. The highest BCUT2D eigenvalue weighted by Crippen LogP contribution is 2.25. The summed E-state index contributed by atoms with van der Waals surface area (Å²) in [7, 11) is 0. The van der Waals surface area contributed by atoms with Crippen molar-refractivity contribution < 1.29 is 19.0 Å². The van der Waals surface area contributed by atoms with E-state index in [0.717, 1.165) is 0 Å². The summed E-state index contributed by atoms with van der Waals surface area (Å²) in [6.45, 7) is 3.47. The zero-order valence-electron chi connectivity index (χ0n) is 8.00. The molecule has 1 aromatic carbocycles. The molecule has 0 radical (unpaired) electrons. The van der Waals surface area contributed by atoms with Crippen LogP contribution in [0.1, 0.15) is 22.8 Å². The van der Waals surface area contributed by atoms with Gasteiger partial charge in [-0.3, -0.25) is 0 Å². The van der Waals surface area contributed by atoms with E-state index in [1.54, 1.807) is 13.8 Å². The Balaban J connectivity index is 3.29. The number of rotatable bonds is 3. The maximum absolute atomic E-state index is 13.4. The van der Waals surface area contributed by atoms with Crippen LogP contribution < -0.4 is 4.74 Å². The zero-order chi connectivity index (χ0) is 10.7. The number of aryl methyl sites for hydroxylation is 1. The maximum Gasteiger partial charge on any atom is 0.339 e. The summed E-state index contributed by atoms with van der Waals surface area (Å²) in [5.41, 5.74) is 0.230. The molecule has 0 heterocycles.